The van der Waals surface area contributed by atoms with Crippen LogP contribution < -0.4 is 15.5 Å². The lowest BCUT2D eigenvalue weighted by Gasteiger charge is -2.36. The molecule has 0 bridgehead atoms. The number of hydrogen-bond donors (Lipinski definition) is 2. The number of anilines is 2. The average Bonchev–Trinajstić information content (AvgIpc) is 2.88. The normalized spacial score (nSPS) is 18.0. The van der Waals surface area contributed by atoms with Gasteiger partial charge < -0.3 is 15.5 Å². The smallest absolute Gasteiger partial charge is 0.228 e. The predicted octanol–water partition coefficient (Wildman–Crippen LogP) is 3.89. The van der Waals surface area contributed by atoms with Gasteiger partial charge in [0.25, 0.3) is 0 Å². The molecule has 0 radical (unpaired) electrons. The van der Waals surface area contributed by atoms with Crippen LogP contribution in [0.4, 0.5) is 15.8 Å². The number of halogens is 1. The van der Waals surface area contributed by atoms with E-state index in [1.165, 1.54) is 23.4 Å². The summed E-state index contributed by atoms with van der Waals surface area (Å²) in [6.45, 7) is 5.11. The van der Waals surface area contributed by atoms with Crippen molar-refractivity contribution in [3.05, 3.63) is 95.3 Å². The van der Waals surface area contributed by atoms with Gasteiger partial charge >= 0.3 is 0 Å². The van der Waals surface area contributed by atoms with E-state index in [9.17, 15) is 14.0 Å². The summed E-state index contributed by atoms with van der Waals surface area (Å²) in [7, 11) is 0. The molecule has 0 spiro atoms. The first-order valence-electron chi connectivity index (χ1n) is 12.0. The summed E-state index contributed by atoms with van der Waals surface area (Å²) >= 11 is 0. The fourth-order valence-corrected chi connectivity index (χ4v) is 4.90. The van der Waals surface area contributed by atoms with Gasteiger partial charge in [0.1, 0.15) is 5.82 Å². The number of amides is 2. The van der Waals surface area contributed by atoms with Crippen LogP contribution >= 0.6 is 0 Å². The fraction of sp³-hybridized carbons (Fsp3) is 0.286. The molecule has 0 saturated carbocycles. The van der Waals surface area contributed by atoms with Crippen LogP contribution in [-0.2, 0) is 22.7 Å². The second kappa shape index (κ2) is 10.3. The van der Waals surface area contributed by atoms with Crippen LogP contribution in [-0.4, -0.2) is 42.9 Å². The standard InChI is InChI=1S/C28H29FN4O2/c29-22-10-11-24-25(17-27(34)31-26(24)16-22)28(35)30-18-20-6-4-5-7-21(20)19-32-12-14-33(15-13-32)23-8-2-1-3-9-23/h1-11,16,25H,12-15,17-19H2,(H,30,35)(H,31,34). The Morgan fingerprint density at radius 1 is 0.943 bits per heavy atom. The zero-order valence-electron chi connectivity index (χ0n) is 19.5. The van der Waals surface area contributed by atoms with Gasteiger partial charge in [-0.3, -0.25) is 14.5 Å². The number of hydrogen-bond acceptors (Lipinski definition) is 4. The number of piperazine rings is 1. The van der Waals surface area contributed by atoms with Gasteiger partial charge in [-0.15, -0.1) is 0 Å². The summed E-state index contributed by atoms with van der Waals surface area (Å²) in [5.41, 5.74) is 4.52. The lowest BCUT2D eigenvalue weighted by Crippen LogP contribution is -2.46. The van der Waals surface area contributed by atoms with E-state index in [0.29, 0.717) is 17.8 Å². The van der Waals surface area contributed by atoms with Crippen molar-refractivity contribution in [1.82, 2.24) is 10.2 Å². The second-order valence-electron chi connectivity index (χ2n) is 9.12. The third-order valence-electron chi connectivity index (χ3n) is 6.83. The first kappa shape index (κ1) is 23.1. The van der Waals surface area contributed by atoms with E-state index < -0.39 is 11.7 Å². The summed E-state index contributed by atoms with van der Waals surface area (Å²) in [6, 6.07) is 22.8. The van der Waals surface area contributed by atoms with Gasteiger partial charge in [0, 0.05) is 57.1 Å². The van der Waals surface area contributed by atoms with E-state index in [4.69, 9.17) is 0 Å². The maximum Gasteiger partial charge on any atom is 0.228 e. The topological polar surface area (TPSA) is 64.7 Å². The molecule has 3 aromatic rings. The highest BCUT2D eigenvalue weighted by Crippen LogP contribution is 2.33. The number of benzene rings is 3. The van der Waals surface area contributed by atoms with E-state index in [1.807, 2.05) is 24.3 Å². The molecule has 1 unspecified atom stereocenters. The molecule has 35 heavy (non-hydrogen) atoms. The molecule has 0 aliphatic carbocycles. The van der Waals surface area contributed by atoms with Gasteiger partial charge in [-0.1, -0.05) is 48.5 Å². The minimum atomic E-state index is -0.627. The molecule has 0 aromatic heterocycles. The first-order chi connectivity index (χ1) is 17.1. The Labute approximate surface area is 204 Å². The Balaban J connectivity index is 1.21. The van der Waals surface area contributed by atoms with Gasteiger partial charge in [0.2, 0.25) is 11.8 Å². The van der Waals surface area contributed by atoms with E-state index in [0.717, 1.165) is 38.3 Å². The molecule has 3 aromatic carbocycles. The van der Waals surface area contributed by atoms with Crippen molar-refractivity contribution in [3.8, 4) is 0 Å². The Hall–Kier alpha value is -3.71. The molecular weight excluding hydrogens is 443 g/mol. The first-order valence-corrected chi connectivity index (χ1v) is 12.0. The lowest BCUT2D eigenvalue weighted by molar-refractivity contribution is -0.126. The van der Waals surface area contributed by atoms with Crippen molar-refractivity contribution in [3.63, 3.8) is 0 Å². The number of para-hydroxylation sites is 1. The van der Waals surface area contributed by atoms with E-state index >= 15 is 0 Å². The zero-order valence-corrected chi connectivity index (χ0v) is 19.5. The van der Waals surface area contributed by atoms with Crippen molar-refractivity contribution in [2.24, 2.45) is 0 Å². The minimum absolute atomic E-state index is 0.0534. The largest absolute Gasteiger partial charge is 0.369 e. The molecule has 2 heterocycles. The second-order valence-corrected chi connectivity index (χ2v) is 9.12. The maximum atomic E-state index is 13.6. The van der Waals surface area contributed by atoms with Crippen molar-refractivity contribution < 1.29 is 14.0 Å². The molecule has 1 fully saturated rings. The van der Waals surface area contributed by atoms with E-state index in [2.05, 4.69) is 50.8 Å². The van der Waals surface area contributed by atoms with E-state index in [-0.39, 0.29) is 18.2 Å². The van der Waals surface area contributed by atoms with Crippen LogP contribution in [0.25, 0.3) is 0 Å². The number of carbonyl (C=O) groups excluding carboxylic acids is 2. The molecule has 1 saturated heterocycles. The van der Waals surface area contributed by atoms with Crippen molar-refractivity contribution in [1.29, 1.82) is 0 Å². The van der Waals surface area contributed by atoms with Gasteiger partial charge in [-0.25, -0.2) is 4.39 Å². The summed E-state index contributed by atoms with van der Waals surface area (Å²) < 4.78 is 13.6. The number of nitrogens with one attached hydrogen (secondary N) is 2. The average molecular weight is 473 g/mol. The molecule has 180 valence electrons. The molecule has 5 rings (SSSR count). The van der Waals surface area contributed by atoms with Crippen LogP contribution in [0.3, 0.4) is 0 Å². The summed E-state index contributed by atoms with van der Waals surface area (Å²) in [4.78, 5) is 30.0. The van der Waals surface area contributed by atoms with Crippen LogP contribution in [0.2, 0.25) is 0 Å². The monoisotopic (exact) mass is 472 g/mol. The van der Waals surface area contributed by atoms with Crippen LogP contribution in [0, 0.1) is 5.82 Å². The number of fused-ring (bicyclic) bond motifs is 1. The highest BCUT2D eigenvalue weighted by Gasteiger charge is 2.31. The van der Waals surface area contributed by atoms with E-state index in [1.54, 1.807) is 6.07 Å². The lowest BCUT2D eigenvalue weighted by atomic mass is 9.89. The Morgan fingerprint density at radius 2 is 1.66 bits per heavy atom. The summed E-state index contributed by atoms with van der Waals surface area (Å²) in [6.07, 6.45) is 0.0534. The molecule has 6 nitrogen and oxygen atoms in total. The Morgan fingerprint density at radius 3 is 2.43 bits per heavy atom. The fourth-order valence-electron chi connectivity index (χ4n) is 4.90. The van der Waals surface area contributed by atoms with Gasteiger partial charge in [-0.2, -0.15) is 0 Å². The molecule has 2 N–H and O–H groups in total. The molecule has 2 aliphatic heterocycles. The molecule has 1 atom stereocenters. The third kappa shape index (κ3) is 5.35. The van der Waals surface area contributed by atoms with Gasteiger partial charge in [0.05, 0.1) is 5.92 Å². The van der Waals surface area contributed by atoms with Crippen LogP contribution in [0.5, 0.6) is 0 Å². The predicted molar refractivity (Wildman–Crippen MR) is 135 cm³/mol. The number of nitrogens with zero attached hydrogens (tertiary/aromatic N) is 2. The molecule has 2 amide bonds. The van der Waals surface area contributed by atoms with Crippen molar-refractivity contribution >= 4 is 23.2 Å². The third-order valence-corrected chi connectivity index (χ3v) is 6.83. The molecular formula is C28H29FN4O2. The Bertz CT molecular complexity index is 1210. The SMILES string of the molecule is O=C1CC(C(=O)NCc2ccccc2CN2CCN(c3ccccc3)CC2)c2ccc(F)cc2N1. The maximum absolute atomic E-state index is 13.6. The van der Waals surface area contributed by atoms with Gasteiger partial charge in [-0.05, 0) is 41.0 Å². The van der Waals surface area contributed by atoms with Crippen molar-refractivity contribution in [2.75, 3.05) is 36.4 Å². The number of rotatable bonds is 6. The molecule has 7 heteroatoms. The minimum Gasteiger partial charge on any atom is -0.369 e. The summed E-state index contributed by atoms with van der Waals surface area (Å²) in [5, 5.41) is 5.67. The van der Waals surface area contributed by atoms with Crippen molar-refractivity contribution in [2.45, 2.75) is 25.4 Å². The quantitative estimate of drug-likeness (QED) is 0.571. The number of carbonyl (C=O) groups is 2. The summed E-state index contributed by atoms with van der Waals surface area (Å²) in [5.74, 6) is -1.57. The van der Waals surface area contributed by atoms with Crippen LogP contribution in [0.1, 0.15) is 29.0 Å². The van der Waals surface area contributed by atoms with Gasteiger partial charge in [0.15, 0.2) is 0 Å². The Kier molecular flexibility index (Phi) is 6.77. The zero-order chi connectivity index (χ0) is 24.2. The molecule has 2 aliphatic rings. The van der Waals surface area contributed by atoms with Crippen LogP contribution in [0.15, 0.2) is 72.8 Å². The highest BCUT2D eigenvalue weighted by molar-refractivity contribution is 6.01. The highest BCUT2D eigenvalue weighted by atomic mass is 19.1.